The quantitative estimate of drug-likeness (QED) is 0.639. The summed E-state index contributed by atoms with van der Waals surface area (Å²) in [5.74, 6) is 0.360. The van der Waals surface area contributed by atoms with Crippen LogP contribution in [0.15, 0.2) is 42.0 Å². The molecule has 2 nitrogen and oxygen atoms in total. The highest BCUT2D eigenvalue weighted by molar-refractivity contribution is 6.09. The summed E-state index contributed by atoms with van der Waals surface area (Å²) in [5.41, 5.74) is 5.64. The average Bonchev–Trinajstić information content (AvgIpc) is 2.75. The van der Waals surface area contributed by atoms with Crippen molar-refractivity contribution in [1.29, 1.82) is 0 Å². The molecule has 0 spiro atoms. The molecule has 3 rings (SSSR count). The van der Waals surface area contributed by atoms with Crippen LogP contribution in [0.2, 0.25) is 0 Å². The fourth-order valence-electron chi connectivity index (χ4n) is 2.64. The third kappa shape index (κ3) is 2.07. The summed E-state index contributed by atoms with van der Waals surface area (Å²) in [5, 5.41) is 12.6. The third-order valence-corrected chi connectivity index (χ3v) is 3.73. The number of hydrogen-bond donors (Lipinski definition) is 2. The largest absolute Gasteiger partial charge is 0.508 e. The van der Waals surface area contributed by atoms with Crippen LogP contribution < -0.4 is 0 Å². The Morgan fingerprint density at radius 2 is 1.95 bits per heavy atom. The Bertz CT molecular complexity index is 820. The highest BCUT2D eigenvalue weighted by Crippen LogP contribution is 2.33. The predicted molar refractivity (Wildman–Crippen MR) is 85.3 cm³/mol. The Kier molecular flexibility index (Phi) is 3.01. The van der Waals surface area contributed by atoms with Gasteiger partial charge in [-0.05, 0) is 51.5 Å². The van der Waals surface area contributed by atoms with E-state index in [0.29, 0.717) is 5.75 Å². The van der Waals surface area contributed by atoms with E-state index < -0.39 is 0 Å². The number of phenolic OH excluding ortho intramolecular Hbond substituents is 1. The molecule has 0 radical (unpaired) electrons. The summed E-state index contributed by atoms with van der Waals surface area (Å²) < 4.78 is 0. The smallest absolute Gasteiger partial charge is 0.121 e. The van der Waals surface area contributed by atoms with E-state index in [1.54, 1.807) is 6.07 Å². The zero-order chi connectivity index (χ0) is 14.3. The van der Waals surface area contributed by atoms with E-state index in [4.69, 9.17) is 0 Å². The molecule has 20 heavy (non-hydrogen) atoms. The zero-order valence-electron chi connectivity index (χ0n) is 12.1. The molecular formula is C18H19NO. The van der Waals surface area contributed by atoms with Gasteiger partial charge in [0.25, 0.3) is 0 Å². The van der Waals surface area contributed by atoms with Crippen LogP contribution in [0.1, 0.15) is 25.0 Å². The molecule has 0 aliphatic heterocycles. The number of aromatic hydroxyl groups is 1. The number of aromatic amines is 1. The number of allylic oxidation sites excluding steroid dienone is 2. The molecule has 1 aromatic heterocycles. The van der Waals surface area contributed by atoms with Gasteiger partial charge in [-0.3, -0.25) is 0 Å². The van der Waals surface area contributed by atoms with Crippen LogP contribution in [0, 0.1) is 6.92 Å². The van der Waals surface area contributed by atoms with Crippen molar-refractivity contribution in [3.8, 4) is 5.75 Å². The fourth-order valence-corrected chi connectivity index (χ4v) is 2.64. The van der Waals surface area contributed by atoms with Crippen LogP contribution >= 0.6 is 0 Å². The van der Waals surface area contributed by atoms with E-state index in [1.165, 1.54) is 21.9 Å². The number of rotatable bonds is 2. The van der Waals surface area contributed by atoms with Crippen molar-refractivity contribution in [2.75, 3.05) is 0 Å². The number of phenols is 1. The Hall–Kier alpha value is -2.22. The third-order valence-electron chi connectivity index (χ3n) is 3.73. The summed E-state index contributed by atoms with van der Waals surface area (Å²) in [6.45, 7) is 6.25. The van der Waals surface area contributed by atoms with E-state index in [2.05, 4.69) is 50.0 Å². The lowest BCUT2D eigenvalue weighted by atomic mass is 10.0. The van der Waals surface area contributed by atoms with Gasteiger partial charge in [0.15, 0.2) is 0 Å². The number of aryl methyl sites for hydroxylation is 1. The molecule has 3 aromatic rings. The SMILES string of the molecule is CC(C)=CCc1c(O)ccc2c1[nH]c1ccc(C)cc12. The van der Waals surface area contributed by atoms with E-state index in [1.807, 2.05) is 6.07 Å². The van der Waals surface area contributed by atoms with Gasteiger partial charge in [0.05, 0.1) is 5.52 Å². The van der Waals surface area contributed by atoms with Crippen LogP contribution in [0.5, 0.6) is 5.75 Å². The minimum absolute atomic E-state index is 0.360. The van der Waals surface area contributed by atoms with Gasteiger partial charge >= 0.3 is 0 Å². The van der Waals surface area contributed by atoms with Crippen molar-refractivity contribution in [2.24, 2.45) is 0 Å². The van der Waals surface area contributed by atoms with Crippen LogP contribution in [-0.2, 0) is 6.42 Å². The molecule has 0 aliphatic rings. The van der Waals surface area contributed by atoms with Gasteiger partial charge in [-0.25, -0.2) is 0 Å². The van der Waals surface area contributed by atoms with E-state index in [-0.39, 0.29) is 0 Å². The Labute approximate surface area is 118 Å². The van der Waals surface area contributed by atoms with E-state index in [9.17, 15) is 5.11 Å². The van der Waals surface area contributed by atoms with Crippen molar-refractivity contribution in [3.05, 3.63) is 53.1 Å². The lowest BCUT2D eigenvalue weighted by Crippen LogP contribution is -1.86. The predicted octanol–water partition coefficient (Wildman–Crippen LogP) is 4.84. The second-order valence-corrected chi connectivity index (χ2v) is 5.65. The zero-order valence-corrected chi connectivity index (χ0v) is 12.1. The molecule has 1 heterocycles. The highest BCUT2D eigenvalue weighted by atomic mass is 16.3. The lowest BCUT2D eigenvalue weighted by Gasteiger charge is -2.04. The van der Waals surface area contributed by atoms with Crippen molar-refractivity contribution in [1.82, 2.24) is 4.98 Å². The van der Waals surface area contributed by atoms with Gasteiger partial charge in [0.1, 0.15) is 5.75 Å². The van der Waals surface area contributed by atoms with Gasteiger partial charge in [-0.1, -0.05) is 23.3 Å². The molecule has 2 N–H and O–H groups in total. The van der Waals surface area contributed by atoms with Crippen LogP contribution in [0.3, 0.4) is 0 Å². The maximum Gasteiger partial charge on any atom is 0.121 e. The normalized spacial score (nSPS) is 11.2. The number of H-pyrrole nitrogens is 1. The van der Waals surface area contributed by atoms with Gasteiger partial charge in [-0.15, -0.1) is 0 Å². The Morgan fingerprint density at radius 1 is 1.15 bits per heavy atom. The van der Waals surface area contributed by atoms with Crippen molar-refractivity contribution in [3.63, 3.8) is 0 Å². The maximum absolute atomic E-state index is 10.2. The molecule has 0 aliphatic carbocycles. The molecule has 0 saturated carbocycles. The summed E-state index contributed by atoms with van der Waals surface area (Å²) in [4.78, 5) is 3.45. The van der Waals surface area contributed by atoms with Crippen LogP contribution in [0.25, 0.3) is 21.8 Å². The van der Waals surface area contributed by atoms with E-state index in [0.717, 1.165) is 23.0 Å². The van der Waals surface area contributed by atoms with Gasteiger partial charge in [0.2, 0.25) is 0 Å². The van der Waals surface area contributed by atoms with Crippen molar-refractivity contribution < 1.29 is 5.11 Å². The molecule has 2 heteroatoms. The van der Waals surface area contributed by atoms with Crippen LogP contribution in [0.4, 0.5) is 0 Å². The number of aromatic nitrogens is 1. The standard InChI is InChI=1S/C18H19NO/c1-11(2)4-6-14-17(20)9-7-13-15-10-12(3)5-8-16(15)19-18(13)14/h4-5,7-10,19-20H,6H2,1-3H3. The topological polar surface area (TPSA) is 36.0 Å². The van der Waals surface area contributed by atoms with E-state index >= 15 is 0 Å². The molecule has 0 saturated heterocycles. The number of nitrogens with one attached hydrogen (secondary N) is 1. The summed E-state index contributed by atoms with van der Waals surface area (Å²) in [6.07, 6.45) is 2.89. The lowest BCUT2D eigenvalue weighted by molar-refractivity contribution is 0.471. The molecule has 2 aromatic carbocycles. The number of fused-ring (bicyclic) bond motifs is 3. The first-order valence-corrected chi connectivity index (χ1v) is 6.92. The minimum Gasteiger partial charge on any atom is -0.508 e. The molecule has 0 atom stereocenters. The summed E-state index contributed by atoms with van der Waals surface area (Å²) in [6, 6.07) is 10.2. The fraction of sp³-hybridized carbons (Fsp3) is 0.222. The molecule has 0 fully saturated rings. The van der Waals surface area contributed by atoms with Gasteiger partial charge in [0, 0.05) is 21.9 Å². The first-order valence-electron chi connectivity index (χ1n) is 6.92. The van der Waals surface area contributed by atoms with Gasteiger partial charge < -0.3 is 10.1 Å². The average molecular weight is 265 g/mol. The minimum atomic E-state index is 0.360. The Morgan fingerprint density at radius 3 is 2.70 bits per heavy atom. The molecule has 0 bridgehead atoms. The molecule has 102 valence electrons. The van der Waals surface area contributed by atoms with Crippen molar-refractivity contribution >= 4 is 21.8 Å². The first kappa shape index (κ1) is 12.8. The monoisotopic (exact) mass is 265 g/mol. The number of hydrogen-bond acceptors (Lipinski definition) is 1. The molecule has 0 unspecified atom stereocenters. The molecule has 0 amide bonds. The highest BCUT2D eigenvalue weighted by Gasteiger charge is 2.11. The summed E-state index contributed by atoms with van der Waals surface area (Å²) in [7, 11) is 0. The van der Waals surface area contributed by atoms with Crippen LogP contribution in [-0.4, -0.2) is 10.1 Å². The Balaban J connectivity index is 2.31. The summed E-state index contributed by atoms with van der Waals surface area (Å²) >= 11 is 0. The number of benzene rings is 2. The second-order valence-electron chi connectivity index (χ2n) is 5.65. The maximum atomic E-state index is 10.2. The first-order chi connectivity index (χ1) is 9.56. The second kappa shape index (κ2) is 4.71. The van der Waals surface area contributed by atoms with Gasteiger partial charge in [-0.2, -0.15) is 0 Å². The van der Waals surface area contributed by atoms with Crippen molar-refractivity contribution in [2.45, 2.75) is 27.2 Å². The molecular weight excluding hydrogens is 246 g/mol.